The number of hydrogen-bond donors (Lipinski definition) is 1. The average Bonchev–Trinajstić information content (AvgIpc) is 2.70. The molecule has 6 nitrogen and oxygen atoms in total. The van der Waals surface area contributed by atoms with E-state index in [9.17, 15) is 4.79 Å². The van der Waals surface area contributed by atoms with Gasteiger partial charge in [-0.3, -0.25) is 9.69 Å². The number of methoxy groups -OCH3 is 3. The molecule has 2 rings (SSSR count). The Bertz CT molecular complexity index is 886. The Hall–Kier alpha value is -2.44. The zero-order chi connectivity index (χ0) is 21.7. The van der Waals surface area contributed by atoms with Crippen LogP contribution in [0, 0.1) is 13.8 Å². The van der Waals surface area contributed by atoms with Crippen LogP contribution in [0.4, 0.5) is 5.69 Å². The lowest BCUT2D eigenvalue weighted by molar-refractivity contribution is -0.120. The average molecular weight is 421 g/mol. The number of hydrogen-bond acceptors (Lipinski definition) is 5. The van der Waals surface area contributed by atoms with Crippen molar-refractivity contribution in [2.45, 2.75) is 33.4 Å². The van der Waals surface area contributed by atoms with E-state index in [0.717, 1.165) is 16.7 Å². The molecule has 0 saturated carbocycles. The standard InChI is InChI=1S/C22H29ClN2O4/c1-13-9-20(28-6)21(29-7)10-16(13)12-25(4)15(3)22(26)24-18-8-14(2)17(23)11-19(18)27-5/h8-11,15H,12H2,1-7H3,(H,24,26)/t15-/m1/s1. The minimum absolute atomic E-state index is 0.134. The smallest absolute Gasteiger partial charge is 0.241 e. The monoisotopic (exact) mass is 420 g/mol. The highest BCUT2D eigenvalue weighted by atomic mass is 35.5. The zero-order valence-electron chi connectivity index (χ0n) is 18.1. The summed E-state index contributed by atoms with van der Waals surface area (Å²) in [5.74, 6) is 1.75. The summed E-state index contributed by atoms with van der Waals surface area (Å²) < 4.78 is 16.1. The van der Waals surface area contributed by atoms with E-state index in [-0.39, 0.29) is 11.9 Å². The molecule has 0 fully saturated rings. The molecule has 1 atom stereocenters. The minimum Gasteiger partial charge on any atom is -0.495 e. The zero-order valence-corrected chi connectivity index (χ0v) is 18.8. The highest BCUT2D eigenvalue weighted by molar-refractivity contribution is 6.31. The molecule has 0 bridgehead atoms. The van der Waals surface area contributed by atoms with Gasteiger partial charge in [0.25, 0.3) is 0 Å². The van der Waals surface area contributed by atoms with Crippen LogP contribution in [0.5, 0.6) is 17.2 Å². The maximum Gasteiger partial charge on any atom is 0.241 e. The maximum absolute atomic E-state index is 12.8. The van der Waals surface area contributed by atoms with Crippen LogP contribution in [0.15, 0.2) is 24.3 Å². The van der Waals surface area contributed by atoms with Gasteiger partial charge < -0.3 is 19.5 Å². The number of likely N-dealkylation sites (N-methyl/N-ethyl adjacent to an activating group) is 1. The molecule has 7 heteroatoms. The van der Waals surface area contributed by atoms with Gasteiger partial charge in [0.1, 0.15) is 5.75 Å². The van der Waals surface area contributed by atoms with Gasteiger partial charge >= 0.3 is 0 Å². The third-order valence-electron chi connectivity index (χ3n) is 5.04. The van der Waals surface area contributed by atoms with Gasteiger partial charge in [0.05, 0.1) is 33.1 Å². The second kappa shape index (κ2) is 9.85. The van der Waals surface area contributed by atoms with Gasteiger partial charge in [-0.25, -0.2) is 0 Å². The van der Waals surface area contributed by atoms with E-state index in [1.165, 1.54) is 0 Å². The number of halogens is 1. The number of aryl methyl sites for hydroxylation is 2. The Morgan fingerprint density at radius 2 is 1.59 bits per heavy atom. The molecule has 0 heterocycles. The first-order chi connectivity index (χ1) is 13.7. The summed E-state index contributed by atoms with van der Waals surface area (Å²) in [6.07, 6.45) is 0. The molecular weight excluding hydrogens is 392 g/mol. The van der Waals surface area contributed by atoms with Crippen molar-refractivity contribution in [3.63, 3.8) is 0 Å². The summed E-state index contributed by atoms with van der Waals surface area (Å²) in [5.41, 5.74) is 3.59. The van der Waals surface area contributed by atoms with E-state index < -0.39 is 0 Å². The molecule has 2 aromatic rings. The summed E-state index contributed by atoms with van der Waals surface area (Å²) in [4.78, 5) is 14.8. The first kappa shape index (κ1) is 22.8. The summed E-state index contributed by atoms with van der Waals surface area (Å²) in [6, 6.07) is 7.02. The van der Waals surface area contributed by atoms with Crippen LogP contribution < -0.4 is 19.5 Å². The molecule has 1 N–H and O–H groups in total. The van der Waals surface area contributed by atoms with Crippen LogP contribution in [0.3, 0.4) is 0 Å². The molecule has 29 heavy (non-hydrogen) atoms. The third-order valence-corrected chi connectivity index (χ3v) is 5.45. The van der Waals surface area contributed by atoms with Crippen molar-refractivity contribution in [2.75, 3.05) is 33.7 Å². The number of anilines is 1. The number of ether oxygens (including phenoxy) is 3. The molecule has 0 aliphatic heterocycles. The molecular formula is C22H29ClN2O4. The molecule has 1 amide bonds. The van der Waals surface area contributed by atoms with Gasteiger partial charge in [0.2, 0.25) is 5.91 Å². The van der Waals surface area contributed by atoms with E-state index in [1.807, 2.05) is 50.9 Å². The van der Waals surface area contributed by atoms with Gasteiger partial charge in [0, 0.05) is 17.6 Å². The number of carbonyl (C=O) groups excluding carboxylic acids is 1. The van der Waals surface area contributed by atoms with Crippen LogP contribution in [0.25, 0.3) is 0 Å². The Morgan fingerprint density at radius 1 is 1.00 bits per heavy atom. The lowest BCUT2D eigenvalue weighted by Gasteiger charge is -2.25. The predicted octanol–water partition coefficient (Wildman–Crippen LogP) is 4.44. The Labute approximate surface area is 177 Å². The number of carbonyl (C=O) groups is 1. The summed E-state index contributed by atoms with van der Waals surface area (Å²) in [5, 5.41) is 3.53. The van der Waals surface area contributed by atoms with Crippen LogP contribution in [-0.2, 0) is 11.3 Å². The second-order valence-corrected chi connectivity index (χ2v) is 7.42. The Morgan fingerprint density at radius 3 is 2.17 bits per heavy atom. The SMILES string of the molecule is COc1cc(Cl)c(C)cc1NC(=O)[C@@H](C)N(C)Cc1cc(OC)c(OC)cc1C. The van der Waals surface area contributed by atoms with Crippen LogP contribution in [0.2, 0.25) is 5.02 Å². The van der Waals surface area contributed by atoms with Gasteiger partial charge in [-0.1, -0.05) is 11.6 Å². The van der Waals surface area contributed by atoms with Crippen molar-refractivity contribution in [2.24, 2.45) is 0 Å². The molecule has 0 aliphatic carbocycles. The van der Waals surface area contributed by atoms with Crippen LogP contribution in [-0.4, -0.2) is 45.2 Å². The predicted molar refractivity (Wildman–Crippen MR) is 117 cm³/mol. The first-order valence-electron chi connectivity index (χ1n) is 9.28. The van der Waals surface area contributed by atoms with Crippen molar-refractivity contribution in [1.29, 1.82) is 0 Å². The number of nitrogens with zero attached hydrogens (tertiary/aromatic N) is 1. The van der Waals surface area contributed by atoms with Crippen molar-refractivity contribution in [3.05, 3.63) is 46.0 Å². The number of nitrogens with one attached hydrogen (secondary N) is 1. The molecule has 0 aromatic heterocycles. The van der Waals surface area contributed by atoms with Gasteiger partial charge in [-0.15, -0.1) is 0 Å². The molecule has 0 spiro atoms. The Balaban J connectivity index is 2.15. The minimum atomic E-state index is -0.372. The largest absolute Gasteiger partial charge is 0.495 e. The lowest BCUT2D eigenvalue weighted by atomic mass is 10.1. The van der Waals surface area contributed by atoms with Crippen LogP contribution >= 0.6 is 11.6 Å². The Kier molecular flexibility index (Phi) is 7.76. The van der Waals surface area contributed by atoms with Gasteiger partial charge in [-0.05, 0) is 62.7 Å². The third kappa shape index (κ3) is 5.34. The van der Waals surface area contributed by atoms with Crippen LogP contribution in [0.1, 0.15) is 23.6 Å². The van der Waals surface area contributed by atoms with Crippen molar-refractivity contribution >= 4 is 23.2 Å². The maximum atomic E-state index is 12.8. The van der Waals surface area contributed by atoms with Crippen molar-refractivity contribution in [1.82, 2.24) is 4.90 Å². The molecule has 0 saturated heterocycles. The highest BCUT2D eigenvalue weighted by Crippen LogP contribution is 2.32. The normalized spacial score (nSPS) is 11.9. The van der Waals surface area contributed by atoms with E-state index in [2.05, 4.69) is 5.32 Å². The van der Waals surface area contributed by atoms with E-state index >= 15 is 0 Å². The topological polar surface area (TPSA) is 60.0 Å². The van der Waals surface area contributed by atoms with E-state index in [0.29, 0.717) is 34.5 Å². The highest BCUT2D eigenvalue weighted by Gasteiger charge is 2.21. The summed E-state index contributed by atoms with van der Waals surface area (Å²) in [7, 11) is 6.68. The fourth-order valence-electron chi connectivity index (χ4n) is 2.97. The number of rotatable bonds is 8. The summed E-state index contributed by atoms with van der Waals surface area (Å²) in [6.45, 7) is 6.34. The molecule has 0 radical (unpaired) electrons. The van der Waals surface area contributed by atoms with Crippen molar-refractivity contribution < 1.29 is 19.0 Å². The second-order valence-electron chi connectivity index (χ2n) is 7.02. The number of benzene rings is 2. The molecule has 0 unspecified atom stereocenters. The van der Waals surface area contributed by atoms with Crippen molar-refractivity contribution in [3.8, 4) is 17.2 Å². The van der Waals surface area contributed by atoms with E-state index in [1.54, 1.807) is 27.4 Å². The van der Waals surface area contributed by atoms with E-state index in [4.69, 9.17) is 25.8 Å². The quantitative estimate of drug-likeness (QED) is 0.684. The number of amides is 1. The molecule has 0 aliphatic rings. The summed E-state index contributed by atoms with van der Waals surface area (Å²) >= 11 is 6.15. The molecule has 158 valence electrons. The fraction of sp³-hybridized carbons (Fsp3) is 0.409. The lowest BCUT2D eigenvalue weighted by Crippen LogP contribution is -2.39. The van der Waals surface area contributed by atoms with Gasteiger partial charge in [-0.2, -0.15) is 0 Å². The fourth-order valence-corrected chi connectivity index (χ4v) is 3.12. The molecule has 2 aromatic carbocycles. The first-order valence-corrected chi connectivity index (χ1v) is 9.66. The van der Waals surface area contributed by atoms with Gasteiger partial charge in [0.15, 0.2) is 11.5 Å².